The Hall–Kier alpha value is -2.52. The highest BCUT2D eigenvalue weighted by Crippen LogP contribution is 2.30. The first-order valence-electron chi connectivity index (χ1n) is 12.2. The predicted molar refractivity (Wildman–Crippen MR) is 125 cm³/mol. The summed E-state index contributed by atoms with van der Waals surface area (Å²) in [5.41, 5.74) is 11.0. The summed E-state index contributed by atoms with van der Waals surface area (Å²) in [7, 11) is 0. The molecule has 0 radical (unpaired) electrons. The first-order chi connectivity index (χ1) is 15.7. The minimum Gasteiger partial charge on any atom is -0.464 e. The van der Waals surface area contributed by atoms with E-state index in [-0.39, 0.29) is 48.5 Å². The van der Waals surface area contributed by atoms with E-state index in [0.29, 0.717) is 12.8 Å². The molecule has 0 spiro atoms. The van der Waals surface area contributed by atoms with Gasteiger partial charge in [-0.1, -0.05) is 6.42 Å². The topological polar surface area (TPSA) is 158 Å². The number of carbonyl (C=O) groups excluding carboxylic acids is 3. The average Bonchev–Trinajstić information content (AvgIpc) is 2.74. The summed E-state index contributed by atoms with van der Waals surface area (Å²) < 4.78 is 10.3. The maximum Gasteiger partial charge on any atom is 0.408 e. The van der Waals surface area contributed by atoms with Gasteiger partial charge in [-0.2, -0.15) is 0 Å². The van der Waals surface area contributed by atoms with Crippen LogP contribution in [-0.4, -0.2) is 54.8 Å². The monoisotopic (exact) mass is 467 g/mol. The number of guanidine groups is 1. The molecule has 10 nitrogen and oxygen atoms in total. The summed E-state index contributed by atoms with van der Waals surface area (Å²) in [6.45, 7) is 5.49. The third kappa shape index (κ3) is 9.47. The van der Waals surface area contributed by atoms with E-state index in [1.165, 1.54) is 0 Å². The molecule has 3 unspecified atom stereocenters. The van der Waals surface area contributed by atoms with Gasteiger partial charge in [0, 0.05) is 12.0 Å². The van der Waals surface area contributed by atoms with Gasteiger partial charge >= 0.3 is 12.1 Å². The normalized spacial score (nSPS) is 26.1. The van der Waals surface area contributed by atoms with E-state index in [1.54, 1.807) is 20.8 Å². The van der Waals surface area contributed by atoms with Crippen LogP contribution in [0.2, 0.25) is 0 Å². The lowest BCUT2D eigenvalue weighted by Crippen LogP contribution is -2.45. The molecule has 2 fully saturated rings. The van der Waals surface area contributed by atoms with Crippen LogP contribution in [-0.2, 0) is 19.1 Å². The minimum atomic E-state index is -0.734. The van der Waals surface area contributed by atoms with Crippen molar-refractivity contribution >= 4 is 23.9 Å². The van der Waals surface area contributed by atoms with Crippen molar-refractivity contribution in [3.63, 3.8) is 0 Å². The molecule has 0 aromatic rings. The van der Waals surface area contributed by atoms with Crippen molar-refractivity contribution in [2.75, 3.05) is 6.61 Å². The lowest BCUT2D eigenvalue weighted by Gasteiger charge is -2.33. The van der Waals surface area contributed by atoms with E-state index in [4.69, 9.17) is 20.9 Å². The summed E-state index contributed by atoms with van der Waals surface area (Å²) in [6.07, 6.45) is 6.40. The minimum absolute atomic E-state index is 0.0185. The van der Waals surface area contributed by atoms with Crippen LogP contribution in [0.3, 0.4) is 0 Å². The largest absolute Gasteiger partial charge is 0.464 e. The third-order valence-electron chi connectivity index (χ3n) is 6.32. The summed E-state index contributed by atoms with van der Waals surface area (Å²) in [5, 5.41) is 5.85. The molecule has 2 saturated carbocycles. The molecular weight excluding hydrogens is 426 g/mol. The smallest absolute Gasteiger partial charge is 0.408 e. The highest BCUT2D eigenvalue weighted by molar-refractivity contribution is 5.81. The molecule has 10 heteroatoms. The van der Waals surface area contributed by atoms with Gasteiger partial charge in [0.05, 0.1) is 18.8 Å². The molecule has 3 atom stereocenters. The van der Waals surface area contributed by atoms with Crippen molar-refractivity contribution in [3.05, 3.63) is 0 Å². The molecule has 0 heterocycles. The highest BCUT2D eigenvalue weighted by atomic mass is 16.6. The van der Waals surface area contributed by atoms with E-state index >= 15 is 0 Å². The van der Waals surface area contributed by atoms with E-state index < -0.39 is 18.1 Å². The molecular formula is C23H41N5O5. The molecule has 0 bridgehead atoms. The Morgan fingerprint density at radius 2 is 1.76 bits per heavy atom. The standard InChI is InChI=1S/C23H41N5O5/c1-4-32-21(30)19(28-23(31)33-14(2)3)12-15-8-10-17(11-9-15)26-20(29)16-6-5-7-18(13-16)27-22(24)25/h14-19H,4-13H2,1-3H3,(H,26,29)(H,28,31)(H4,24,25,27). The second kappa shape index (κ2) is 13.3. The molecule has 33 heavy (non-hydrogen) atoms. The fourth-order valence-electron chi connectivity index (χ4n) is 4.77. The van der Waals surface area contributed by atoms with Gasteiger partial charge in [0.15, 0.2) is 5.96 Å². The number of hydrogen-bond acceptors (Lipinski definition) is 6. The molecule has 0 aliphatic heterocycles. The zero-order chi connectivity index (χ0) is 24.4. The first kappa shape index (κ1) is 26.7. The lowest BCUT2D eigenvalue weighted by molar-refractivity contribution is -0.146. The van der Waals surface area contributed by atoms with Crippen LogP contribution in [0, 0.1) is 11.8 Å². The molecule has 188 valence electrons. The van der Waals surface area contributed by atoms with E-state index in [1.807, 2.05) is 0 Å². The van der Waals surface area contributed by atoms with Gasteiger partial charge in [0.25, 0.3) is 0 Å². The van der Waals surface area contributed by atoms with Crippen LogP contribution in [0.15, 0.2) is 4.99 Å². The zero-order valence-corrected chi connectivity index (χ0v) is 20.2. The van der Waals surface area contributed by atoms with E-state index in [9.17, 15) is 14.4 Å². The summed E-state index contributed by atoms with van der Waals surface area (Å²) >= 11 is 0. The van der Waals surface area contributed by atoms with Gasteiger partial charge in [-0.05, 0) is 78.1 Å². The fourth-order valence-corrected chi connectivity index (χ4v) is 4.77. The van der Waals surface area contributed by atoms with Crippen LogP contribution in [0.5, 0.6) is 0 Å². The summed E-state index contributed by atoms with van der Waals surface area (Å²) in [4.78, 5) is 41.4. The number of aliphatic imine (C=N–C) groups is 1. The Bertz CT molecular complexity index is 687. The van der Waals surface area contributed by atoms with Gasteiger partial charge in [0.1, 0.15) is 6.04 Å². The Kier molecular flexibility index (Phi) is 10.7. The molecule has 2 aliphatic rings. The number of amides is 2. The van der Waals surface area contributed by atoms with Gasteiger partial charge < -0.3 is 31.6 Å². The molecule has 6 N–H and O–H groups in total. The van der Waals surface area contributed by atoms with E-state index in [2.05, 4.69) is 15.6 Å². The van der Waals surface area contributed by atoms with Crippen LogP contribution < -0.4 is 22.1 Å². The number of ether oxygens (including phenoxy) is 2. The number of esters is 1. The van der Waals surface area contributed by atoms with Crippen molar-refractivity contribution in [2.24, 2.45) is 28.3 Å². The highest BCUT2D eigenvalue weighted by Gasteiger charge is 2.32. The van der Waals surface area contributed by atoms with Crippen molar-refractivity contribution in [3.8, 4) is 0 Å². The van der Waals surface area contributed by atoms with E-state index in [0.717, 1.165) is 44.9 Å². The fraction of sp³-hybridized carbons (Fsp3) is 0.826. The molecule has 2 amide bonds. The van der Waals surface area contributed by atoms with Crippen LogP contribution in [0.25, 0.3) is 0 Å². The zero-order valence-electron chi connectivity index (χ0n) is 20.2. The van der Waals surface area contributed by atoms with Crippen molar-refractivity contribution < 1.29 is 23.9 Å². The van der Waals surface area contributed by atoms with Crippen molar-refractivity contribution in [1.82, 2.24) is 10.6 Å². The molecule has 0 aromatic heterocycles. The maximum atomic E-state index is 12.8. The SMILES string of the molecule is CCOC(=O)C(CC1CCC(NC(=O)C2CCCC(N=C(N)N)C2)CC1)NC(=O)OC(C)C. The Labute approximate surface area is 196 Å². The van der Waals surface area contributed by atoms with Gasteiger partial charge in [0.2, 0.25) is 5.91 Å². The number of nitrogens with zero attached hydrogens (tertiary/aromatic N) is 1. The lowest BCUT2D eigenvalue weighted by atomic mass is 9.81. The second-order valence-electron chi connectivity index (χ2n) is 9.44. The molecule has 2 aliphatic carbocycles. The van der Waals surface area contributed by atoms with Crippen LogP contribution in [0.4, 0.5) is 4.79 Å². The number of carbonyl (C=O) groups is 3. The van der Waals surface area contributed by atoms with Crippen LogP contribution in [0.1, 0.15) is 78.6 Å². The predicted octanol–water partition coefficient (Wildman–Crippen LogP) is 1.95. The number of alkyl carbamates (subject to hydrolysis) is 1. The number of hydrogen-bond donors (Lipinski definition) is 4. The Morgan fingerprint density at radius 3 is 2.36 bits per heavy atom. The maximum absolute atomic E-state index is 12.8. The third-order valence-corrected chi connectivity index (χ3v) is 6.32. The first-order valence-corrected chi connectivity index (χ1v) is 12.2. The quantitative estimate of drug-likeness (QED) is 0.229. The molecule has 0 aromatic carbocycles. The second-order valence-corrected chi connectivity index (χ2v) is 9.44. The summed E-state index contributed by atoms with van der Waals surface area (Å²) in [5.74, 6) is -0.0908. The number of rotatable bonds is 9. The van der Waals surface area contributed by atoms with Gasteiger partial charge in [-0.15, -0.1) is 0 Å². The van der Waals surface area contributed by atoms with Crippen molar-refractivity contribution in [2.45, 2.75) is 103 Å². The summed E-state index contributed by atoms with van der Waals surface area (Å²) in [6, 6.07) is -0.593. The Balaban J connectivity index is 1.82. The number of nitrogens with two attached hydrogens (primary N) is 2. The van der Waals surface area contributed by atoms with Crippen molar-refractivity contribution in [1.29, 1.82) is 0 Å². The number of nitrogens with one attached hydrogen (secondary N) is 2. The van der Waals surface area contributed by atoms with Gasteiger partial charge in [-0.3, -0.25) is 9.79 Å². The molecule has 0 saturated heterocycles. The van der Waals surface area contributed by atoms with Crippen LogP contribution >= 0.6 is 0 Å². The Morgan fingerprint density at radius 1 is 1.06 bits per heavy atom. The molecule has 2 rings (SSSR count). The van der Waals surface area contributed by atoms with Gasteiger partial charge in [-0.25, -0.2) is 9.59 Å². The average molecular weight is 468 g/mol.